The topological polar surface area (TPSA) is 85.1 Å². The first kappa shape index (κ1) is 24.0. The molecule has 2 heterocycles. The number of nitrogens with zero attached hydrogens (tertiary/aromatic N) is 4. The van der Waals surface area contributed by atoms with Gasteiger partial charge in [0.25, 0.3) is 0 Å². The van der Waals surface area contributed by atoms with Crippen LogP contribution in [-0.2, 0) is 29.2 Å². The van der Waals surface area contributed by atoms with E-state index in [1.54, 1.807) is 7.05 Å². The van der Waals surface area contributed by atoms with Crippen LogP contribution in [0.5, 0.6) is 0 Å². The molecule has 2 N–H and O–H groups in total. The van der Waals surface area contributed by atoms with Gasteiger partial charge in [0.05, 0.1) is 26.4 Å². The third-order valence-corrected chi connectivity index (χ3v) is 4.32. The highest BCUT2D eigenvalue weighted by Crippen LogP contribution is 2.07. The number of pyridine rings is 1. The van der Waals surface area contributed by atoms with Crippen molar-refractivity contribution in [2.75, 3.05) is 26.9 Å². The molecule has 3 aromatic rings. The van der Waals surface area contributed by atoms with E-state index in [9.17, 15) is 0 Å². The smallest absolute Gasteiger partial charge is 0.191 e. The molecule has 30 heavy (non-hydrogen) atoms. The van der Waals surface area contributed by atoms with Crippen LogP contribution in [0.3, 0.4) is 0 Å². The Morgan fingerprint density at radius 1 is 1.00 bits per heavy atom. The molecule has 9 heteroatoms. The Kier molecular flexibility index (Phi) is 10.5. The maximum atomic E-state index is 5.64. The highest BCUT2D eigenvalue weighted by Gasteiger charge is 2.06. The van der Waals surface area contributed by atoms with Crippen LogP contribution in [-0.4, -0.2) is 47.4 Å². The normalized spacial score (nSPS) is 11.3. The van der Waals surface area contributed by atoms with Gasteiger partial charge in [0.1, 0.15) is 0 Å². The van der Waals surface area contributed by atoms with Gasteiger partial charge in [-0.15, -0.1) is 34.2 Å². The van der Waals surface area contributed by atoms with Gasteiger partial charge in [0, 0.05) is 26.4 Å². The van der Waals surface area contributed by atoms with E-state index in [0.717, 1.165) is 22.6 Å². The fourth-order valence-corrected chi connectivity index (χ4v) is 2.86. The standard InChI is InChI=1S/C21H28N6O2.HI/c1-3-28-11-12-29-16-18-8-6-7-17(13-18)14-23-21(22-2)24-15-20-26-25-19-9-4-5-10-27(19)20;/h4-10,13H,3,11-12,14-16H2,1-2H3,(H2,22,23,24);1H. The molecule has 0 spiro atoms. The van der Waals surface area contributed by atoms with E-state index in [2.05, 4.69) is 44.0 Å². The molecule has 0 aliphatic heterocycles. The lowest BCUT2D eigenvalue weighted by molar-refractivity contribution is 0.0453. The molecule has 0 radical (unpaired) electrons. The molecule has 0 unspecified atom stereocenters. The summed E-state index contributed by atoms with van der Waals surface area (Å²) in [7, 11) is 1.75. The van der Waals surface area contributed by atoms with Gasteiger partial charge in [-0.05, 0) is 30.2 Å². The maximum Gasteiger partial charge on any atom is 0.191 e. The molecule has 162 valence electrons. The fraction of sp³-hybridized carbons (Fsp3) is 0.381. The van der Waals surface area contributed by atoms with Gasteiger partial charge in [-0.1, -0.05) is 30.3 Å². The molecular weight excluding hydrogens is 495 g/mol. The van der Waals surface area contributed by atoms with Crippen molar-refractivity contribution >= 4 is 35.6 Å². The number of rotatable bonds is 10. The lowest BCUT2D eigenvalue weighted by Gasteiger charge is -2.12. The Bertz CT molecular complexity index is 931. The molecule has 0 saturated heterocycles. The maximum absolute atomic E-state index is 5.64. The minimum atomic E-state index is 0. The Labute approximate surface area is 194 Å². The zero-order valence-corrected chi connectivity index (χ0v) is 19.7. The monoisotopic (exact) mass is 524 g/mol. The van der Waals surface area contributed by atoms with Gasteiger partial charge in [-0.3, -0.25) is 9.39 Å². The first-order valence-corrected chi connectivity index (χ1v) is 9.76. The highest BCUT2D eigenvalue weighted by molar-refractivity contribution is 14.0. The predicted molar refractivity (Wildman–Crippen MR) is 128 cm³/mol. The number of fused-ring (bicyclic) bond motifs is 1. The van der Waals surface area contributed by atoms with Gasteiger partial charge < -0.3 is 20.1 Å². The molecule has 0 fully saturated rings. The quantitative estimate of drug-likeness (QED) is 0.184. The molecule has 0 aliphatic carbocycles. The Morgan fingerprint density at radius 3 is 2.63 bits per heavy atom. The molecule has 0 saturated carbocycles. The van der Waals surface area contributed by atoms with Crippen LogP contribution in [0.4, 0.5) is 0 Å². The number of hydrogen-bond acceptors (Lipinski definition) is 5. The number of nitrogens with one attached hydrogen (secondary N) is 2. The molecule has 3 rings (SSSR count). The summed E-state index contributed by atoms with van der Waals surface area (Å²) < 4.78 is 12.9. The summed E-state index contributed by atoms with van der Waals surface area (Å²) in [5.74, 6) is 1.53. The molecule has 1 aromatic carbocycles. The molecule has 2 aromatic heterocycles. The second-order valence-electron chi connectivity index (χ2n) is 6.39. The fourth-order valence-electron chi connectivity index (χ4n) is 2.86. The molecule has 0 atom stereocenters. The van der Waals surface area contributed by atoms with Gasteiger partial charge in [0.2, 0.25) is 0 Å². The third kappa shape index (κ3) is 7.22. The van der Waals surface area contributed by atoms with Crippen LogP contribution in [0.15, 0.2) is 53.7 Å². The van der Waals surface area contributed by atoms with Crippen LogP contribution >= 0.6 is 24.0 Å². The average Bonchev–Trinajstić information content (AvgIpc) is 3.17. The molecule has 0 bridgehead atoms. The second-order valence-corrected chi connectivity index (χ2v) is 6.39. The SMILES string of the molecule is CCOCCOCc1cccc(CNC(=NC)NCc2nnc3ccccn23)c1.I. The summed E-state index contributed by atoms with van der Waals surface area (Å²) in [6.07, 6.45) is 1.95. The van der Waals surface area contributed by atoms with Crippen LogP contribution in [0.25, 0.3) is 5.65 Å². The second kappa shape index (κ2) is 13.1. The van der Waals surface area contributed by atoms with E-state index in [-0.39, 0.29) is 24.0 Å². The Balaban J connectivity index is 0.00000320. The Morgan fingerprint density at radius 2 is 1.80 bits per heavy atom. The van der Waals surface area contributed by atoms with Crippen LogP contribution < -0.4 is 10.6 Å². The van der Waals surface area contributed by atoms with Crippen molar-refractivity contribution < 1.29 is 9.47 Å². The minimum absolute atomic E-state index is 0. The van der Waals surface area contributed by atoms with Crippen LogP contribution in [0.2, 0.25) is 0 Å². The van der Waals surface area contributed by atoms with Crippen molar-refractivity contribution in [3.05, 3.63) is 65.6 Å². The highest BCUT2D eigenvalue weighted by atomic mass is 127. The predicted octanol–water partition coefficient (Wildman–Crippen LogP) is 2.77. The molecule has 0 amide bonds. The average molecular weight is 524 g/mol. The van der Waals surface area contributed by atoms with E-state index in [0.29, 0.717) is 45.5 Å². The lowest BCUT2D eigenvalue weighted by atomic mass is 10.1. The number of hydrogen-bond donors (Lipinski definition) is 2. The first-order chi connectivity index (χ1) is 14.3. The number of halogens is 1. The van der Waals surface area contributed by atoms with E-state index < -0.39 is 0 Å². The van der Waals surface area contributed by atoms with E-state index in [1.165, 1.54) is 0 Å². The zero-order valence-electron chi connectivity index (χ0n) is 17.4. The van der Waals surface area contributed by atoms with Crippen LogP contribution in [0, 0.1) is 0 Å². The van der Waals surface area contributed by atoms with Crippen molar-refractivity contribution in [1.82, 2.24) is 25.2 Å². The number of aliphatic imine (C=N–C) groups is 1. The molecular formula is C21H29IN6O2. The van der Waals surface area contributed by atoms with E-state index >= 15 is 0 Å². The van der Waals surface area contributed by atoms with Crippen molar-refractivity contribution in [3.8, 4) is 0 Å². The van der Waals surface area contributed by atoms with Gasteiger partial charge in [0.15, 0.2) is 17.4 Å². The molecule has 8 nitrogen and oxygen atoms in total. The summed E-state index contributed by atoms with van der Waals surface area (Å²) in [5, 5.41) is 15.0. The van der Waals surface area contributed by atoms with Gasteiger partial charge in [-0.2, -0.15) is 0 Å². The van der Waals surface area contributed by atoms with Crippen molar-refractivity contribution in [1.29, 1.82) is 0 Å². The summed E-state index contributed by atoms with van der Waals surface area (Å²) in [5.41, 5.74) is 3.12. The van der Waals surface area contributed by atoms with E-state index in [1.807, 2.05) is 41.8 Å². The summed E-state index contributed by atoms with van der Waals surface area (Å²) in [6, 6.07) is 14.1. The first-order valence-electron chi connectivity index (χ1n) is 9.76. The summed E-state index contributed by atoms with van der Waals surface area (Å²) in [6.45, 7) is 5.69. The van der Waals surface area contributed by atoms with Crippen molar-refractivity contribution in [2.24, 2.45) is 4.99 Å². The minimum Gasteiger partial charge on any atom is -0.379 e. The number of guanidine groups is 1. The zero-order chi connectivity index (χ0) is 20.3. The lowest BCUT2D eigenvalue weighted by Crippen LogP contribution is -2.36. The van der Waals surface area contributed by atoms with E-state index in [4.69, 9.17) is 9.47 Å². The largest absolute Gasteiger partial charge is 0.379 e. The van der Waals surface area contributed by atoms with Crippen molar-refractivity contribution in [3.63, 3.8) is 0 Å². The summed E-state index contributed by atoms with van der Waals surface area (Å²) >= 11 is 0. The van der Waals surface area contributed by atoms with Gasteiger partial charge in [-0.25, -0.2) is 0 Å². The van der Waals surface area contributed by atoms with Gasteiger partial charge >= 0.3 is 0 Å². The number of benzene rings is 1. The van der Waals surface area contributed by atoms with Crippen molar-refractivity contribution in [2.45, 2.75) is 26.6 Å². The molecule has 0 aliphatic rings. The number of aromatic nitrogens is 3. The summed E-state index contributed by atoms with van der Waals surface area (Å²) in [4.78, 5) is 4.28. The van der Waals surface area contributed by atoms with Crippen LogP contribution in [0.1, 0.15) is 23.9 Å². The Hall–Kier alpha value is -2.24. The number of ether oxygens (including phenoxy) is 2. The third-order valence-electron chi connectivity index (χ3n) is 4.32.